The highest BCUT2D eigenvalue weighted by Gasteiger charge is 2.25. The molecule has 0 fully saturated rings. The number of aromatic amines is 1. The number of para-hydroxylation sites is 1. The summed E-state index contributed by atoms with van der Waals surface area (Å²) in [5.41, 5.74) is 5.07. The van der Waals surface area contributed by atoms with Crippen LogP contribution in [0.2, 0.25) is 0 Å². The molecule has 168 valence electrons. The summed E-state index contributed by atoms with van der Waals surface area (Å²) in [5, 5.41) is 11.3. The van der Waals surface area contributed by atoms with Crippen LogP contribution >= 0.6 is 0 Å². The number of sulfone groups is 1. The smallest absolute Gasteiger partial charge is 0.320 e. The number of carbonyl (C=O) groups is 1. The molecule has 8 nitrogen and oxygen atoms in total. The molecule has 1 aliphatic heterocycles. The first-order valence-corrected chi connectivity index (χ1v) is 12.4. The molecule has 0 atom stereocenters. The van der Waals surface area contributed by atoms with Gasteiger partial charge in [-0.2, -0.15) is 5.10 Å². The van der Waals surface area contributed by atoms with Crippen LogP contribution in [0.15, 0.2) is 65.7 Å². The summed E-state index contributed by atoms with van der Waals surface area (Å²) >= 11 is 0. The lowest BCUT2D eigenvalue weighted by Gasteiger charge is -2.29. The van der Waals surface area contributed by atoms with E-state index in [1.807, 2.05) is 30.3 Å². The van der Waals surface area contributed by atoms with E-state index in [-0.39, 0.29) is 11.8 Å². The number of urea groups is 1. The van der Waals surface area contributed by atoms with Crippen LogP contribution in [0.5, 0.6) is 0 Å². The Morgan fingerprint density at radius 3 is 2.61 bits per heavy atom. The van der Waals surface area contributed by atoms with Gasteiger partial charge in [-0.15, -0.1) is 0 Å². The third kappa shape index (κ3) is 3.95. The van der Waals surface area contributed by atoms with Gasteiger partial charge in [0.1, 0.15) is 5.69 Å². The molecule has 0 radical (unpaired) electrons. The lowest BCUT2D eigenvalue weighted by Crippen LogP contribution is -2.39. The zero-order valence-electron chi connectivity index (χ0n) is 18.1. The fraction of sp³-hybridized carbons (Fsp3) is 0.208. The minimum absolute atomic E-state index is 0.0590. The fourth-order valence-electron chi connectivity index (χ4n) is 4.14. The molecule has 2 aromatic carbocycles. The van der Waals surface area contributed by atoms with Crippen molar-refractivity contribution in [3.05, 3.63) is 71.9 Å². The van der Waals surface area contributed by atoms with E-state index < -0.39 is 9.84 Å². The van der Waals surface area contributed by atoms with Gasteiger partial charge < -0.3 is 10.2 Å². The van der Waals surface area contributed by atoms with Crippen molar-refractivity contribution in [1.82, 2.24) is 20.1 Å². The van der Waals surface area contributed by atoms with Gasteiger partial charge in [0.2, 0.25) is 0 Å². The highest BCUT2D eigenvalue weighted by molar-refractivity contribution is 7.91. The van der Waals surface area contributed by atoms with E-state index in [2.05, 4.69) is 20.5 Å². The molecule has 0 saturated heterocycles. The second-order valence-corrected chi connectivity index (χ2v) is 10.2. The first-order chi connectivity index (χ1) is 16.0. The summed E-state index contributed by atoms with van der Waals surface area (Å²) in [6.45, 7) is 2.66. The number of fused-ring (bicyclic) bond motifs is 3. The number of hydrogen-bond donors (Lipinski definition) is 2. The van der Waals surface area contributed by atoms with Gasteiger partial charge in [-0.25, -0.2) is 18.2 Å². The van der Waals surface area contributed by atoms with E-state index in [0.29, 0.717) is 30.1 Å². The Morgan fingerprint density at radius 1 is 1.12 bits per heavy atom. The summed E-state index contributed by atoms with van der Waals surface area (Å²) in [5.74, 6) is 0.0590. The van der Waals surface area contributed by atoms with Crippen molar-refractivity contribution < 1.29 is 13.2 Å². The number of nitrogens with zero attached hydrogens (tertiary/aromatic N) is 3. The number of amides is 2. The summed E-state index contributed by atoms with van der Waals surface area (Å²) in [4.78, 5) is 19.3. The summed E-state index contributed by atoms with van der Waals surface area (Å²) < 4.78 is 24.3. The molecule has 0 spiro atoms. The number of anilines is 1. The van der Waals surface area contributed by atoms with Gasteiger partial charge in [0.15, 0.2) is 15.5 Å². The fourth-order valence-corrected chi connectivity index (χ4v) is 5.02. The SMILES string of the molecule is CCS(=O)(=O)c1ccc(-c2n[nH]c3ncc4c(c23)CCN(C(=O)Nc2ccccc2)C4)cc1. The normalized spacial score (nSPS) is 13.7. The van der Waals surface area contributed by atoms with Crippen LogP contribution in [0.4, 0.5) is 10.5 Å². The highest BCUT2D eigenvalue weighted by atomic mass is 32.2. The standard InChI is InChI=1S/C24H23N5O3S/c1-2-33(31,32)19-10-8-16(9-11-19)22-21-20-12-13-29(15-17(20)14-25-23(21)28-27-22)24(30)26-18-6-4-3-5-7-18/h3-11,14H,2,12-13,15H2,1H3,(H,26,30)(H,25,27,28). The number of carbonyl (C=O) groups excluding carboxylic acids is 1. The Hall–Kier alpha value is -3.72. The zero-order valence-corrected chi connectivity index (χ0v) is 18.9. The predicted octanol–water partition coefficient (Wildman–Crippen LogP) is 4.01. The van der Waals surface area contributed by atoms with E-state index in [1.54, 1.807) is 42.3 Å². The van der Waals surface area contributed by atoms with Crippen LogP contribution in [-0.4, -0.2) is 46.8 Å². The van der Waals surface area contributed by atoms with Crippen LogP contribution in [0.3, 0.4) is 0 Å². The number of pyridine rings is 1. The van der Waals surface area contributed by atoms with Crippen molar-refractivity contribution in [1.29, 1.82) is 0 Å². The Bertz CT molecular complexity index is 1430. The number of aromatic nitrogens is 3. The maximum atomic E-state index is 12.7. The van der Waals surface area contributed by atoms with Gasteiger partial charge in [-0.05, 0) is 41.8 Å². The van der Waals surface area contributed by atoms with E-state index in [0.717, 1.165) is 33.5 Å². The number of rotatable bonds is 4. The summed E-state index contributed by atoms with van der Waals surface area (Å²) in [7, 11) is -3.26. The molecule has 0 saturated carbocycles. The Morgan fingerprint density at radius 2 is 1.88 bits per heavy atom. The maximum Gasteiger partial charge on any atom is 0.322 e. The lowest BCUT2D eigenvalue weighted by atomic mass is 9.96. The zero-order chi connectivity index (χ0) is 23.0. The molecule has 0 unspecified atom stereocenters. The molecule has 3 heterocycles. The highest BCUT2D eigenvalue weighted by Crippen LogP contribution is 2.33. The third-order valence-corrected chi connectivity index (χ3v) is 7.71. The van der Waals surface area contributed by atoms with Gasteiger partial charge >= 0.3 is 6.03 Å². The molecular weight excluding hydrogens is 438 g/mol. The summed E-state index contributed by atoms with van der Waals surface area (Å²) in [6.07, 6.45) is 2.46. The molecule has 5 rings (SSSR count). The lowest BCUT2D eigenvalue weighted by molar-refractivity contribution is 0.206. The van der Waals surface area contributed by atoms with Crippen LogP contribution in [0.25, 0.3) is 22.3 Å². The first kappa shape index (κ1) is 21.1. The van der Waals surface area contributed by atoms with Crippen molar-refractivity contribution in [3.8, 4) is 11.3 Å². The second-order valence-electron chi connectivity index (χ2n) is 7.95. The van der Waals surface area contributed by atoms with Crippen LogP contribution in [-0.2, 0) is 22.8 Å². The second kappa shape index (κ2) is 8.32. The van der Waals surface area contributed by atoms with Crippen molar-refractivity contribution in [2.75, 3.05) is 17.6 Å². The quantitative estimate of drug-likeness (QED) is 0.477. The van der Waals surface area contributed by atoms with Gasteiger partial charge in [-0.1, -0.05) is 37.3 Å². The summed E-state index contributed by atoms with van der Waals surface area (Å²) in [6, 6.07) is 16.0. The number of benzene rings is 2. The van der Waals surface area contributed by atoms with Crippen molar-refractivity contribution in [2.45, 2.75) is 24.8 Å². The van der Waals surface area contributed by atoms with Gasteiger partial charge in [0.25, 0.3) is 0 Å². The molecule has 2 aromatic heterocycles. The largest absolute Gasteiger partial charge is 0.322 e. The molecule has 1 aliphatic rings. The van der Waals surface area contributed by atoms with E-state index >= 15 is 0 Å². The van der Waals surface area contributed by atoms with Gasteiger partial charge in [0.05, 0.1) is 16.0 Å². The first-order valence-electron chi connectivity index (χ1n) is 10.8. The molecule has 2 N–H and O–H groups in total. The molecule has 33 heavy (non-hydrogen) atoms. The van der Waals surface area contributed by atoms with Crippen molar-refractivity contribution in [2.24, 2.45) is 0 Å². The molecular formula is C24H23N5O3S. The average Bonchev–Trinajstić information content (AvgIpc) is 3.29. The van der Waals surface area contributed by atoms with Gasteiger partial charge in [0, 0.05) is 30.5 Å². The molecule has 0 aliphatic carbocycles. The van der Waals surface area contributed by atoms with Crippen LogP contribution in [0, 0.1) is 0 Å². The average molecular weight is 462 g/mol. The molecule has 4 aromatic rings. The maximum absolute atomic E-state index is 12.7. The van der Waals surface area contributed by atoms with Gasteiger partial charge in [-0.3, -0.25) is 5.10 Å². The van der Waals surface area contributed by atoms with Crippen LogP contribution < -0.4 is 5.32 Å². The van der Waals surface area contributed by atoms with E-state index in [9.17, 15) is 13.2 Å². The molecule has 9 heteroatoms. The Labute approximate surface area is 191 Å². The predicted molar refractivity (Wildman–Crippen MR) is 127 cm³/mol. The number of H-pyrrole nitrogens is 1. The topological polar surface area (TPSA) is 108 Å². The van der Waals surface area contributed by atoms with E-state index in [1.165, 1.54) is 0 Å². The third-order valence-electron chi connectivity index (χ3n) is 5.96. The minimum atomic E-state index is -3.26. The molecule has 2 amide bonds. The molecule has 0 bridgehead atoms. The number of nitrogens with one attached hydrogen (secondary N) is 2. The Kier molecular flexibility index (Phi) is 5.33. The van der Waals surface area contributed by atoms with Crippen LogP contribution in [0.1, 0.15) is 18.1 Å². The number of hydrogen-bond acceptors (Lipinski definition) is 5. The van der Waals surface area contributed by atoms with E-state index in [4.69, 9.17) is 0 Å². The monoisotopic (exact) mass is 461 g/mol. The minimum Gasteiger partial charge on any atom is -0.320 e. The Balaban J connectivity index is 1.45. The van der Waals surface area contributed by atoms with Crippen molar-refractivity contribution >= 4 is 32.6 Å². The van der Waals surface area contributed by atoms with Crippen molar-refractivity contribution in [3.63, 3.8) is 0 Å².